The molecule has 2 nitrogen and oxygen atoms in total. The second kappa shape index (κ2) is 5.26. The Labute approximate surface area is 117 Å². The minimum Gasteiger partial charge on any atom is -0.305 e. The van der Waals surface area contributed by atoms with Crippen LogP contribution in [-0.2, 0) is 0 Å². The lowest BCUT2D eigenvalue weighted by Crippen LogP contribution is -2.39. The third kappa shape index (κ3) is 2.44. The molecule has 4 atom stereocenters. The molecule has 19 heavy (non-hydrogen) atoms. The molecule has 0 radical (unpaired) electrons. The van der Waals surface area contributed by atoms with Gasteiger partial charge in [-0.25, -0.2) is 0 Å². The van der Waals surface area contributed by atoms with Gasteiger partial charge >= 0.3 is 0 Å². The molecule has 0 bridgehead atoms. The first-order valence-electron chi connectivity index (χ1n) is 7.60. The molecular weight excluding hydrogens is 232 g/mol. The summed E-state index contributed by atoms with van der Waals surface area (Å²) in [5, 5.41) is 0. The van der Waals surface area contributed by atoms with E-state index in [2.05, 4.69) is 61.2 Å². The number of likely N-dealkylation sites (tertiary alicyclic amines) is 2. The summed E-state index contributed by atoms with van der Waals surface area (Å²) in [5.74, 6) is 2.34. The second-order valence-electron chi connectivity index (χ2n) is 6.64. The Bertz CT molecular complexity index is 407. The van der Waals surface area contributed by atoms with Crippen LogP contribution in [0.4, 0.5) is 0 Å². The molecule has 0 N–H and O–H groups in total. The molecule has 104 valence electrons. The van der Waals surface area contributed by atoms with Crippen LogP contribution < -0.4 is 0 Å². The van der Waals surface area contributed by atoms with Crippen molar-refractivity contribution in [1.82, 2.24) is 9.80 Å². The van der Waals surface area contributed by atoms with Crippen molar-refractivity contribution >= 4 is 0 Å². The Morgan fingerprint density at radius 1 is 1.05 bits per heavy atom. The van der Waals surface area contributed by atoms with Crippen molar-refractivity contribution < 1.29 is 0 Å². The number of hydrogen-bond acceptors (Lipinski definition) is 2. The quantitative estimate of drug-likeness (QED) is 0.805. The Morgan fingerprint density at radius 2 is 1.79 bits per heavy atom. The lowest BCUT2D eigenvalue weighted by molar-refractivity contribution is 0.188. The Balaban J connectivity index is 1.86. The summed E-state index contributed by atoms with van der Waals surface area (Å²) in [6.07, 6.45) is 1.36. The van der Waals surface area contributed by atoms with E-state index in [1.165, 1.54) is 31.6 Å². The highest BCUT2D eigenvalue weighted by Gasteiger charge is 2.43. The Kier molecular flexibility index (Phi) is 3.64. The molecule has 1 aromatic carbocycles. The monoisotopic (exact) mass is 258 g/mol. The van der Waals surface area contributed by atoms with Crippen LogP contribution in [0, 0.1) is 11.8 Å². The maximum atomic E-state index is 2.60. The van der Waals surface area contributed by atoms with E-state index in [1.807, 2.05) is 0 Å². The molecule has 1 aromatic rings. The normalized spacial score (nSPS) is 37.0. The first-order chi connectivity index (χ1) is 9.16. The maximum Gasteiger partial charge on any atom is 0.0165 e. The molecule has 2 heterocycles. The van der Waals surface area contributed by atoms with Gasteiger partial charge in [0.15, 0.2) is 0 Å². The van der Waals surface area contributed by atoms with Crippen LogP contribution in [0.3, 0.4) is 0 Å². The Morgan fingerprint density at radius 3 is 2.42 bits per heavy atom. The molecule has 0 saturated carbocycles. The molecule has 2 saturated heterocycles. The van der Waals surface area contributed by atoms with Crippen LogP contribution >= 0.6 is 0 Å². The maximum absolute atomic E-state index is 2.60. The number of rotatable bonds is 2. The van der Waals surface area contributed by atoms with Gasteiger partial charge in [0.05, 0.1) is 0 Å². The fourth-order valence-corrected chi connectivity index (χ4v) is 4.34. The fraction of sp³-hybridized carbons (Fsp3) is 0.647. The van der Waals surface area contributed by atoms with Crippen LogP contribution in [0.5, 0.6) is 0 Å². The minimum absolute atomic E-state index is 0.708. The van der Waals surface area contributed by atoms with Gasteiger partial charge in [-0.2, -0.15) is 0 Å². The molecule has 4 unspecified atom stereocenters. The van der Waals surface area contributed by atoms with Gasteiger partial charge in [-0.05, 0) is 44.5 Å². The topological polar surface area (TPSA) is 6.48 Å². The summed E-state index contributed by atoms with van der Waals surface area (Å²) >= 11 is 0. The number of hydrogen-bond donors (Lipinski definition) is 0. The molecule has 0 aliphatic carbocycles. The van der Waals surface area contributed by atoms with Crippen LogP contribution in [-0.4, -0.2) is 49.6 Å². The van der Waals surface area contributed by atoms with Gasteiger partial charge in [0.2, 0.25) is 0 Å². The summed E-state index contributed by atoms with van der Waals surface area (Å²) in [4.78, 5) is 5.12. The zero-order chi connectivity index (χ0) is 13.4. The van der Waals surface area contributed by atoms with E-state index in [0.29, 0.717) is 5.92 Å². The molecular formula is C17H26N2. The third-order valence-electron chi connectivity index (χ3n) is 5.24. The van der Waals surface area contributed by atoms with Gasteiger partial charge < -0.3 is 9.80 Å². The van der Waals surface area contributed by atoms with Crippen molar-refractivity contribution in [2.24, 2.45) is 11.8 Å². The van der Waals surface area contributed by atoms with Crippen molar-refractivity contribution in [2.75, 3.05) is 33.7 Å². The second-order valence-corrected chi connectivity index (χ2v) is 6.64. The number of nitrogens with zero attached hydrogens (tertiary/aromatic N) is 2. The lowest BCUT2D eigenvalue weighted by Gasteiger charge is -2.33. The van der Waals surface area contributed by atoms with E-state index < -0.39 is 0 Å². The molecule has 3 rings (SSSR count). The van der Waals surface area contributed by atoms with Crippen LogP contribution in [0.1, 0.15) is 24.8 Å². The largest absolute Gasteiger partial charge is 0.305 e. The third-order valence-corrected chi connectivity index (χ3v) is 5.24. The zero-order valence-electron chi connectivity index (χ0n) is 12.4. The molecule has 2 fully saturated rings. The first-order valence-corrected chi connectivity index (χ1v) is 7.60. The number of likely N-dealkylation sites (N-methyl/N-ethyl adjacent to an activating group) is 1. The van der Waals surface area contributed by atoms with Gasteiger partial charge in [0, 0.05) is 25.0 Å². The summed E-state index contributed by atoms with van der Waals surface area (Å²) in [6, 6.07) is 11.9. The zero-order valence-corrected chi connectivity index (χ0v) is 12.4. The summed E-state index contributed by atoms with van der Waals surface area (Å²) in [7, 11) is 4.59. The molecule has 0 spiro atoms. The van der Waals surface area contributed by atoms with E-state index in [-0.39, 0.29) is 0 Å². The van der Waals surface area contributed by atoms with E-state index in [0.717, 1.165) is 17.9 Å². The highest BCUT2D eigenvalue weighted by Crippen LogP contribution is 2.40. The molecule has 0 aromatic heterocycles. The van der Waals surface area contributed by atoms with Crippen LogP contribution in [0.2, 0.25) is 0 Å². The summed E-state index contributed by atoms with van der Waals surface area (Å²) < 4.78 is 0. The van der Waals surface area contributed by atoms with Crippen molar-refractivity contribution in [1.29, 1.82) is 0 Å². The molecule has 2 aliphatic heterocycles. The van der Waals surface area contributed by atoms with Gasteiger partial charge in [-0.15, -0.1) is 0 Å². The van der Waals surface area contributed by atoms with E-state index >= 15 is 0 Å². The predicted molar refractivity (Wildman–Crippen MR) is 80.4 cm³/mol. The molecule has 2 heteroatoms. The van der Waals surface area contributed by atoms with E-state index in [4.69, 9.17) is 0 Å². The average molecular weight is 258 g/mol. The smallest absolute Gasteiger partial charge is 0.0165 e. The van der Waals surface area contributed by atoms with Crippen molar-refractivity contribution in [3.63, 3.8) is 0 Å². The van der Waals surface area contributed by atoms with Crippen LogP contribution in [0.15, 0.2) is 30.3 Å². The average Bonchev–Trinajstić information content (AvgIpc) is 2.94. The highest BCUT2D eigenvalue weighted by atomic mass is 15.2. The van der Waals surface area contributed by atoms with Gasteiger partial charge in [-0.3, -0.25) is 0 Å². The lowest BCUT2D eigenvalue weighted by atomic mass is 9.80. The van der Waals surface area contributed by atoms with Crippen LogP contribution in [0.25, 0.3) is 0 Å². The molecule has 2 aliphatic rings. The summed E-state index contributed by atoms with van der Waals surface area (Å²) in [6.45, 7) is 6.17. The summed E-state index contributed by atoms with van der Waals surface area (Å²) in [5.41, 5.74) is 1.53. The first kappa shape index (κ1) is 13.1. The highest BCUT2D eigenvalue weighted by molar-refractivity contribution is 5.23. The Hall–Kier alpha value is -0.860. The minimum atomic E-state index is 0.708. The number of benzene rings is 1. The van der Waals surface area contributed by atoms with E-state index in [1.54, 1.807) is 0 Å². The predicted octanol–water partition coefficient (Wildman–Crippen LogP) is 2.67. The standard InChI is InChI=1S/C17H26N2/c1-13-9-10-19(3)17(13)16-12-18(2)11-15(16)14-7-5-4-6-8-14/h4-8,13,15-17H,9-12H2,1-3H3. The molecule has 0 amide bonds. The van der Waals surface area contributed by atoms with Crippen molar-refractivity contribution in [2.45, 2.75) is 25.3 Å². The van der Waals surface area contributed by atoms with Crippen molar-refractivity contribution in [3.8, 4) is 0 Å². The SMILES string of the molecule is CC1CCN(C)C1C1CN(C)CC1c1ccccc1. The fourth-order valence-electron chi connectivity index (χ4n) is 4.34. The van der Waals surface area contributed by atoms with E-state index in [9.17, 15) is 0 Å². The van der Waals surface area contributed by atoms with Crippen molar-refractivity contribution in [3.05, 3.63) is 35.9 Å². The van der Waals surface area contributed by atoms with Gasteiger partial charge in [0.1, 0.15) is 0 Å². The van der Waals surface area contributed by atoms with Gasteiger partial charge in [0.25, 0.3) is 0 Å². The van der Waals surface area contributed by atoms with Gasteiger partial charge in [-0.1, -0.05) is 37.3 Å².